The van der Waals surface area contributed by atoms with E-state index >= 15 is 0 Å². The standard InChI is InChI=1S/C33H35N5O6.2C2H6/c1-19-30(35-18-44-19)26-13-22(33(41)43-3)6-9-25(26)23-14-28(21-4-5-21)36-29(15-23)37-31(39)27-12-20(16-34-10-11-42-2)17-38(32(27)40)24-7-8-24;2*1-2/h6,9,12-15,17-18,21,24,34H,4-5,7-8,10-11,16H2,1-3H3,(H,36,37,39);2*1-2H3. The molecule has 0 unspecified atom stereocenters. The van der Waals surface area contributed by atoms with Gasteiger partial charge in [0.1, 0.15) is 22.8 Å². The van der Waals surface area contributed by atoms with Crippen LogP contribution in [-0.2, 0) is 16.0 Å². The minimum absolute atomic E-state index is 0.0736. The number of carbonyl (C=O) groups excluding carboxylic acids is 2. The fourth-order valence-electron chi connectivity index (χ4n) is 5.30. The minimum Gasteiger partial charge on any atom is -0.465 e. The third-order valence-corrected chi connectivity index (χ3v) is 7.93. The lowest BCUT2D eigenvalue weighted by molar-refractivity contribution is 0.0600. The van der Waals surface area contributed by atoms with E-state index in [0.29, 0.717) is 48.1 Å². The van der Waals surface area contributed by atoms with E-state index in [9.17, 15) is 14.4 Å². The molecule has 4 aromatic rings. The summed E-state index contributed by atoms with van der Waals surface area (Å²) in [5.74, 6) is 0.249. The predicted octanol–water partition coefficient (Wildman–Crippen LogP) is 6.91. The largest absolute Gasteiger partial charge is 0.465 e. The molecule has 1 aromatic carbocycles. The molecular weight excluding hydrogens is 610 g/mol. The van der Waals surface area contributed by atoms with Crippen LogP contribution in [0.2, 0.25) is 0 Å². The smallest absolute Gasteiger partial charge is 0.337 e. The number of nitrogens with zero attached hydrogens (tertiary/aromatic N) is 3. The van der Waals surface area contributed by atoms with Crippen LogP contribution < -0.4 is 16.2 Å². The molecule has 2 aliphatic rings. The number of hydrogen-bond donors (Lipinski definition) is 2. The van der Waals surface area contributed by atoms with Gasteiger partial charge in [0.15, 0.2) is 6.39 Å². The molecule has 0 bridgehead atoms. The van der Waals surface area contributed by atoms with Gasteiger partial charge in [-0.25, -0.2) is 14.8 Å². The molecule has 0 atom stereocenters. The Morgan fingerprint density at radius 1 is 1.00 bits per heavy atom. The lowest BCUT2D eigenvalue weighted by atomic mass is 9.94. The Labute approximate surface area is 282 Å². The van der Waals surface area contributed by atoms with Gasteiger partial charge in [-0.1, -0.05) is 33.8 Å². The molecule has 3 heterocycles. The first-order valence-corrected chi connectivity index (χ1v) is 16.8. The van der Waals surface area contributed by atoms with Gasteiger partial charge in [0.25, 0.3) is 11.5 Å². The number of carbonyl (C=O) groups is 2. The molecule has 256 valence electrons. The summed E-state index contributed by atoms with van der Waals surface area (Å²) >= 11 is 0. The highest BCUT2D eigenvalue weighted by Crippen LogP contribution is 2.42. The molecule has 6 rings (SSSR count). The maximum atomic E-state index is 13.7. The predicted molar refractivity (Wildman–Crippen MR) is 186 cm³/mol. The van der Waals surface area contributed by atoms with Gasteiger partial charge in [-0.3, -0.25) is 9.59 Å². The normalized spacial score (nSPS) is 13.5. The van der Waals surface area contributed by atoms with Crippen LogP contribution in [0.15, 0.2) is 58.2 Å². The van der Waals surface area contributed by atoms with Gasteiger partial charge in [0.05, 0.1) is 19.3 Å². The molecule has 11 heteroatoms. The zero-order valence-electron chi connectivity index (χ0n) is 29.0. The molecule has 2 aliphatic carbocycles. The fourth-order valence-corrected chi connectivity index (χ4v) is 5.30. The van der Waals surface area contributed by atoms with E-state index in [4.69, 9.17) is 18.9 Å². The third-order valence-electron chi connectivity index (χ3n) is 7.93. The zero-order chi connectivity index (χ0) is 34.8. The van der Waals surface area contributed by atoms with Crippen LogP contribution in [0, 0.1) is 6.92 Å². The SMILES string of the molecule is CC.CC.COCCNCc1cc(C(=O)Nc2cc(-c3ccc(C(=O)OC)cc3-c3ncoc3C)cc(C3CC3)n2)c(=O)n(C2CC2)c1. The Bertz CT molecular complexity index is 1770. The monoisotopic (exact) mass is 657 g/mol. The van der Waals surface area contributed by atoms with Crippen LogP contribution in [-0.4, -0.2) is 53.8 Å². The first-order chi connectivity index (χ1) is 23.4. The molecule has 1 amide bonds. The van der Waals surface area contributed by atoms with Gasteiger partial charge < -0.3 is 29.1 Å². The summed E-state index contributed by atoms with van der Waals surface area (Å²) in [6.45, 7) is 11.5. The highest BCUT2D eigenvalue weighted by molar-refractivity contribution is 6.04. The second-order valence-corrected chi connectivity index (χ2v) is 11.3. The molecule has 2 N–H and O–H groups in total. The molecule has 2 saturated carbocycles. The fraction of sp³-hybridized carbons (Fsp3) is 0.432. The summed E-state index contributed by atoms with van der Waals surface area (Å²) in [5.41, 5.74) is 4.69. The van der Waals surface area contributed by atoms with E-state index in [2.05, 4.69) is 15.6 Å². The molecule has 0 aliphatic heterocycles. The second kappa shape index (κ2) is 17.0. The lowest BCUT2D eigenvalue weighted by Crippen LogP contribution is -2.30. The number of amides is 1. The maximum Gasteiger partial charge on any atom is 0.337 e. The Balaban J connectivity index is 0.00000125. The van der Waals surface area contributed by atoms with Gasteiger partial charge in [-0.15, -0.1) is 0 Å². The number of aryl methyl sites for hydroxylation is 1. The molecule has 2 fully saturated rings. The number of esters is 1. The van der Waals surface area contributed by atoms with Gasteiger partial charge in [-0.05, 0) is 79.6 Å². The van der Waals surface area contributed by atoms with E-state index in [1.807, 2.05) is 46.0 Å². The van der Waals surface area contributed by atoms with Crippen LogP contribution in [0.4, 0.5) is 5.82 Å². The van der Waals surface area contributed by atoms with Crippen molar-refractivity contribution in [2.45, 2.75) is 78.8 Å². The minimum atomic E-state index is -0.511. The Hall–Kier alpha value is -4.61. The molecule has 0 spiro atoms. The Kier molecular flexibility index (Phi) is 12.8. The van der Waals surface area contributed by atoms with Crippen LogP contribution >= 0.6 is 0 Å². The van der Waals surface area contributed by atoms with E-state index in [1.54, 1.807) is 42.9 Å². The van der Waals surface area contributed by atoms with Gasteiger partial charge in [0, 0.05) is 49.6 Å². The molecule has 48 heavy (non-hydrogen) atoms. The van der Waals surface area contributed by atoms with Crippen LogP contribution in [0.25, 0.3) is 22.4 Å². The summed E-state index contributed by atoms with van der Waals surface area (Å²) in [6, 6.07) is 10.8. The molecular formula is C37H47N5O6. The molecule has 11 nitrogen and oxygen atoms in total. The van der Waals surface area contributed by atoms with E-state index in [1.165, 1.54) is 13.5 Å². The molecule has 0 radical (unpaired) electrons. The number of anilines is 1. The number of benzene rings is 1. The van der Waals surface area contributed by atoms with Gasteiger partial charge in [0.2, 0.25) is 0 Å². The summed E-state index contributed by atoms with van der Waals surface area (Å²) in [6.07, 6.45) is 7.04. The van der Waals surface area contributed by atoms with Gasteiger partial charge in [-0.2, -0.15) is 0 Å². The number of methoxy groups -OCH3 is 2. The number of oxazole rings is 1. The number of pyridine rings is 2. The highest BCUT2D eigenvalue weighted by Gasteiger charge is 2.29. The van der Waals surface area contributed by atoms with Crippen molar-refractivity contribution in [3.63, 3.8) is 0 Å². The van der Waals surface area contributed by atoms with Crippen molar-refractivity contribution in [3.05, 3.63) is 87.5 Å². The van der Waals surface area contributed by atoms with Crippen LogP contribution in [0.5, 0.6) is 0 Å². The van der Waals surface area contributed by atoms with E-state index in [-0.39, 0.29) is 23.1 Å². The first-order valence-electron chi connectivity index (χ1n) is 16.8. The highest BCUT2D eigenvalue weighted by atomic mass is 16.5. The molecule has 0 saturated heterocycles. The summed E-state index contributed by atoms with van der Waals surface area (Å²) in [7, 11) is 2.98. The van der Waals surface area contributed by atoms with Crippen molar-refractivity contribution in [1.82, 2.24) is 19.9 Å². The van der Waals surface area contributed by atoms with Gasteiger partial charge >= 0.3 is 5.97 Å². The van der Waals surface area contributed by atoms with Crippen molar-refractivity contribution >= 4 is 17.7 Å². The summed E-state index contributed by atoms with van der Waals surface area (Å²) < 4.78 is 17.2. The maximum absolute atomic E-state index is 13.7. The summed E-state index contributed by atoms with van der Waals surface area (Å²) in [5, 5.41) is 6.20. The van der Waals surface area contributed by atoms with Crippen molar-refractivity contribution in [2.24, 2.45) is 0 Å². The van der Waals surface area contributed by atoms with Crippen molar-refractivity contribution in [2.75, 3.05) is 32.7 Å². The first kappa shape index (κ1) is 36.2. The summed E-state index contributed by atoms with van der Waals surface area (Å²) in [4.78, 5) is 48.6. The third kappa shape index (κ3) is 8.64. The Morgan fingerprint density at radius 3 is 2.38 bits per heavy atom. The molecule has 3 aromatic heterocycles. The average molecular weight is 658 g/mol. The topological polar surface area (TPSA) is 138 Å². The number of rotatable bonds is 12. The second-order valence-electron chi connectivity index (χ2n) is 11.3. The average Bonchev–Trinajstić information content (AvgIpc) is 4.06. The number of nitrogens with one attached hydrogen (secondary N) is 2. The van der Waals surface area contributed by atoms with E-state index in [0.717, 1.165) is 48.1 Å². The number of ether oxygens (including phenoxy) is 2. The van der Waals surface area contributed by atoms with Crippen molar-refractivity contribution in [1.29, 1.82) is 0 Å². The Morgan fingerprint density at radius 2 is 1.75 bits per heavy atom. The van der Waals surface area contributed by atoms with Crippen molar-refractivity contribution < 1.29 is 23.5 Å². The van der Waals surface area contributed by atoms with Crippen LogP contribution in [0.1, 0.15) is 103 Å². The number of hydrogen-bond acceptors (Lipinski definition) is 9. The van der Waals surface area contributed by atoms with E-state index < -0.39 is 11.9 Å². The quantitative estimate of drug-likeness (QED) is 0.123. The van der Waals surface area contributed by atoms with Crippen molar-refractivity contribution in [3.8, 4) is 22.4 Å². The number of aromatic nitrogens is 3. The van der Waals surface area contributed by atoms with Crippen LogP contribution in [0.3, 0.4) is 0 Å². The zero-order valence-corrected chi connectivity index (χ0v) is 29.0. The lowest BCUT2D eigenvalue weighted by Gasteiger charge is -2.15.